The number of carbonyl (C=O) groups excluding carboxylic acids is 1. The van der Waals surface area contributed by atoms with Crippen molar-refractivity contribution in [1.82, 2.24) is 15.5 Å². The van der Waals surface area contributed by atoms with E-state index in [2.05, 4.69) is 20.2 Å². The summed E-state index contributed by atoms with van der Waals surface area (Å²) in [5, 5.41) is 6.59. The first-order valence-corrected chi connectivity index (χ1v) is 10.3. The molecule has 0 saturated carbocycles. The summed E-state index contributed by atoms with van der Waals surface area (Å²) < 4.78 is 39.4. The average Bonchev–Trinajstić information content (AvgIpc) is 3.18. The lowest BCUT2D eigenvalue weighted by atomic mass is 10.1. The molecule has 0 bridgehead atoms. The molecule has 1 heterocycles. The number of alkyl halides is 2. The van der Waals surface area contributed by atoms with Crippen molar-refractivity contribution in [3.8, 4) is 11.5 Å². The van der Waals surface area contributed by atoms with Gasteiger partial charge >= 0.3 is 6.61 Å². The van der Waals surface area contributed by atoms with E-state index >= 15 is 0 Å². The Labute approximate surface area is 182 Å². The summed E-state index contributed by atoms with van der Waals surface area (Å²) in [7, 11) is 1.38. The van der Waals surface area contributed by atoms with Crippen molar-refractivity contribution >= 4 is 17.7 Å². The number of rotatable bonds is 10. The van der Waals surface area contributed by atoms with E-state index in [0.29, 0.717) is 36.0 Å². The molecule has 0 unspecified atom stereocenters. The lowest BCUT2D eigenvalue weighted by molar-refractivity contribution is -0.0512. The van der Waals surface area contributed by atoms with Crippen LogP contribution in [0.25, 0.3) is 0 Å². The number of nitrogens with zero attached hydrogens (tertiary/aromatic N) is 2. The third-order valence-electron chi connectivity index (χ3n) is 4.19. The molecule has 0 aliphatic rings. The van der Waals surface area contributed by atoms with E-state index in [1.165, 1.54) is 24.9 Å². The van der Waals surface area contributed by atoms with Crippen LogP contribution in [0.2, 0.25) is 0 Å². The Bertz CT molecular complexity index is 1010. The molecule has 1 aromatic heterocycles. The van der Waals surface area contributed by atoms with E-state index in [9.17, 15) is 13.6 Å². The first-order chi connectivity index (χ1) is 14.9. The first kappa shape index (κ1) is 22.5. The van der Waals surface area contributed by atoms with Gasteiger partial charge in [-0.3, -0.25) is 4.79 Å². The molecule has 0 atom stereocenters. The standard InChI is InChI=1S/C21H21F2N3O4S/c1-13-25-19(30-26-13)12-31-16-6-4-15(5-7-16)20(27)24-10-9-14-3-8-17(29-21(22)23)18(11-14)28-2/h3-8,11,21H,9-10,12H2,1-2H3,(H,24,27). The van der Waals surface area contributed by atoms with Crippen LogP contribution in [0, 0.1) is 6.92 Å². The minimum atomic E-state index is -2.92. The summed E-state index contributed by atoms with van der Waals surface area (Å²) in [6, 6.07) is 11.9. The van der Waals surface area contributed by atoms with Crippen molar-refractivity contribution < 1.29 is 27.6 Å². The molecular weight excluding hydrogens is 428 g/mol. The van der Waals surface area contributed by atoms with Crippen molar-refractivity contribution in [3.05, 3.63) is 65.3 Å². The maximum atomic E-state index is 12.4. The molecule has 0 aliphatic heterocycles. The van der Waals surface area contributed by atoms with Crippen LogP contribution in [0.15, 0.2) is 51.9 Å². The largest absolute Gasteiger partial charge is 0.493 e. The number of amides is 1. The van der Waals surface area contributed by atoms with Gasteiger partial charge in [-0.05, 0) is 55.3 Å². The van der Waals surface area contributed by atoms with E-state index < -0.39 is 6.61 Å². The molecule has 3 aromatic rings. The van der Waals surface area contributed by atoms with Gasteiger partial charge in [0.2, 0.25) is 5.89 Å². The number of carbonyl (C=O) groups is 1. The third-order valence-corrected chi connectivity index (χ3v) is 5.19. The van der Waals surface area contributed by atoms with Crippen LogP contribution in [-0.4, -0.2) is 36.3 Å². The number of hydrogen-bond donors (Lipinski definition) is 1. The summed E-state index contributed by atoms with van der Waals surface area (Å²) in [6.07, 6.45) is 0.509. The van der Waals surface area contributed by atoms with Gasteiger partial charge in [0.15, 0.2) is 17.3 Å². The van der Waals surface area contributed by atoms with E-state index in [4.69, 9.17) is 9.26 Å². The van der Waals surface area contributed by atoms with E-state index in [-0.39, 0.29) is 17.4 Å². The molecule has 1 N–H and O–H groups in total. The number of benzene rings is 2. The quantitative estimate of drug-likeness (QED) is 0.463. The lowest BCUT2D eigenvalue weighted by Gasteiger charge is -2.12. The summed E-state index contributed by atoms with van der Waals surface area (Å²) in [6.45, 7) is -0.783. The first-order valence-electron chi connectivity index (χ1n) is 9.36. The number of thioether (sulfide) groups is 1. The highest BCUT2D eigenvalue weighted by molar-refractivity contribution is 7.98. The van der Waals surface area contributed by atoms with E-state index in [1.807, 2.05) is 12.1 Å². The van der Waals surface area contributed by atoms with Crippen LogP contribution in [0.1, 0.15) is 27.6 Å². The Morgan fingerprint density at radius 2 is 1.97 bits per heavy atom. The van der Waals surface area contributed by atoms with Crippen LogP contribution in [-0.2, 0) is 12.2 Å². The number of methoxy groups -OCH3 is 1. The Hall–Kier alpha value is -3.14. The average molecular weight is 449 g/mol. The fourth-order valence-corrected chi connectivity index (χ4v) is 3.47. The maximum Gasteiger partial charge on any atom is 0.387 e. The molecule has 0 fully saturated rings. The Morgan fingerprint density at radius 1 is 1.19 bits per heavy atom. The van der Waals surface area contributed by atoms with Crippen molar-refractivity contribution in [1.29, 1.82) is 0 Å². The van der Waals surface area contributed by atoms with Crippen molar-refractivity contribution in [2.45, 2.75) is 30.6 Å². The highest BCUT2D eigenvalue weighted by Gasteiger charge is 2.12. The minimum Gasteiger partial charge on any atom is -0.493 e. The SMILES string of the molecule is COc1cc(CCNC(=O)c2ccc(SCc3nc(C)no3)cc2)ccc1OC(F)F. The normalized spacial score (nSPS) is 10.9. The molecular formula is C21H21F2N3O4S. The molecule has 0 saturated heterocycles. The maximum absolute atomic E-state index is 12.4. The smallest absolute Gasteiger partial charge is 0.387 e. The van der Waals surface area contributed by atoms with Gasteiger partial charge in [0.05, 0.1) is 12.9 Å². The summed E-state index contributed by atoms with van der Waals surface area (Å²) >= 11 is 1.53. The second-order valence-electron chi connectivity index (χ2n) is 6.42. The predicted molar refractivity (Wildman–Crippen MR) is 111 cm³/mol. The Morgan fingerprint density at radius 3 is 2.61 bits per heavy atom. The summed E-state index contributed by atoms with van der Waals surface area (Å²) in [4.78, 5) is 17.5. The lowest BCUT2D eigenvalue weighted by Crippen LogP contribution is -2.25. The molecule has 7 nitrogen and oxygen atoms in total. The molecule has 10 heteroatoms. The van der Waals surface area contributed by atoms with Gasteiger partial charge < -0.3 is 19.3 Å². The fourth-order valence-electron chi connectivity index (χ4n) is 2.73. The predicted octanol–water partition coefficient (Wildman–Crippen LogP) is 4.25. The minimum absolute atomic E-state index is 0.0301. The van der Waals surface area contributed by atoms with Gasteiger partial charge in [0.25, 0.3) is 5.91 Å². The van der Waals surface area contributed by atoms with Gasteiger partial charge in [-0.2, -0.15) is 13.8 Å². The van der Waals surface area contributed by atoms with Crippen molar-refractivity contribution in [3.63, 3.8) is 0 Å². The highest BCUT2D eigenvalue weighted by atomic mass is 32.2. The molecule has 0 spiro atoms. The third kappa shape index (κ3) is 6.68. The molecule has 31 heavy (non-hydrogen) atoms. The molecule has 0 radical (unpaired) electrons. The molecule has 3 rings (SSSR count). The highest BCUT2D eigenvalue weighted by Crippen LogP contribution is 2.29. The van der Waals surface area contributed by atoms with Gasteiger partial charge in [0.1, 0.15) is 0 Å². The van der Waals surface area contributed by atoms with E-state index in [0.717, 1.165) is 10.5 Å². The second-order valence-corrected chi connectivity index (χ2v) is 7.47. The number of aromatic nitrogens is 2. The fraction of sp³-hybridized carbons (Fsp3) is 0.286. The van der Waals surface area contributed by atoms with Crippen LogP contribution >= 0.6 is 11.8 Å². The van der Waals surface area contributed by atoms with Crippen molar-refractivity contribution in [2.75, 3.05) is 13.7 Å². The van der Waals surface area contributed by atoms with Crippen LogP contribution in [0.5, 0.6) is 11.5 Å². The summed E-state index contributed by atoms with van der Waals surface area (Å²) in [5.74, 6) is 1.68. The van der Waals surface area contributed by atoms with E-state index in [1.54, 1.807) is 31.2 Å². The second kappa shape index (κ2) is 10.8. The molecule has 0 aliphatic carbocycles. The number of nitrogens with one attached hydrogen (secondary N) is 1. The number of hydrogen-bond acceptors (Lipinski definition) is 7. The topological polar surface area (TPSA) is 86.5 Å². The zero-order valence-corrected chi connectivity index (χ0v) is 17.7. The van der Waals surface area contributed by atoms with Crippen molar-refractivity contribution in [2.24, 2.45) is 0 Å². The molecule has 1 amide bonds. The van der Waals surface area contributed by atoms with Crippen LogP contribution < -0.4 is 14.8 Å². The van der Waals surface area contributed by atoms with Gasteiger partial charge in [-0.25, -0.2) is 0 Å². The summed E-state index contributed by atoms with van der Waals surface area (Å²) in [5.41, 5.74) is 1.36. The van der Waals surface area contributed by atoms with Gasteiger partial charge in [-0.1, -0.05) is 11.2 Å². The molecule has 164 valence electrons. The Balaban J connectivity index is 1.48. The molecule has 2 aromatic carbocycles. The Kier molecular flexibility index (Phi) is 7.82. The zero-order chi connectivity index (χ0) is 22.2. The number of ether oxygens (including phenoxy) is 2. The van der Waals surface area contributed by atoms with Crippen LogP contribution in [0.4, 0.5) is 8.78 Å². The number of aryl methyl sites for hydroxylation is 1. The number of halogens is 2. The van der Waals surface area contributed by atoms with Crippen LogP contribution in [0.3, 0.4) is 0 Å². The monoisotopic (exact) mass is 449 g/mol. The van der Waals surface area contributed by atoms with Gasteiger partial charge in [0, 0.05) is 17.0 Å². The zero-order valence-electron chi connectivity index (χ0n) is 16.9. The van der Waals surface area contributed by atoms with Gasteiger partial charge in [-0.15, -0.1) is 11.8 Å².